The van der Waals surface area contributed by atoms with E-state index >= 15 is 0 Å². The highest BCUT2D eigenvalue weighted by Crippen LogP contribution is 2.18. The van der Waals surface area contributed by atoms with Crippen LogP contribution in [0.2, 0.25) is 5.02 Å². The lowest BCUT2D eigenvalue weighted by atomic mass is 10.1. The van der Waals surface area contributed by atoms with Crippen LogP contribution in [0.3, 0.4) is 0 Å². The fraction of sp³-hybridized carbons (Fsp3) is 0.308. The molecule has 0 spiro atoms. The van der Waals surface area contributed by atoms with Crippen LogP contribution in [0.1, 0.15) is 12.5 Å². The van der Waals surface area contributed by atoms with Gasteiger partial charge in [0.2, 0.25) is 0 Å². The van der Waals surface area contributed by atoms with Crippen molar-refractivity contribution in [3.63, 3.8) is 0 Å². The molecule has 2 rings (SSSR count). The van der Waals surface area contributed by atoms with E-state index in [0.29, 0.717) is 11.4 Å². The predicted octanol–water partition coefficient (Wildman–Crippen LogP) is 2.08. The molecule has 0 saturated heterocycles. The van der Waals surface area contributed by atoms with Crippen molar-refractivity contribution in [2.75, 3.05) is 0 Å². The maximum Gasteiger partial charge on any atom is 0.254 e. The van der Waals surface area contributed by atoms with Gasteiger partial charge >= 0.3 is 0 Å². The first kappa shape index (κ1) is 12.1. The van der Waals surface area contributed by atoms with E-state index in [2.05, 4.69) is 0 Å². The first-order valence-electron chi connectivity index (χ1n) is 5.53. The number of pyridine rings is 1. The van der Waals surface area contributed by atoms with E-state index in [4.69, 9.17) is 17.3 Å². The minimum atomic E-state index is -0.0284. The third-order valence-electron chi connectivity index (χ3n) is 2.80. The van der Waals surface area contributed by atoms with Crippen LogP contribution in [0.5, 0.6) is 0 Å². The summed E-state index contributed by atoms with van der Waals surface area (Å²) >= 11 is 5.96. The van der Waals surface area contributed by atoms with Gasteiger partial charge in [0.05, 0.1) is 5.52 Å². The van der Waals surface area contributed by atoms with E-state index < -0.39 is 0 Å². The Morgan fingerprint density at radius 1 is 1.41 bits per heavy atom. The van der Waals surface area contributed by atoms with Gasteiger partial charge in [-0.3, -0.25) is 4.79 Å². The average molecular weight is 251 g/mol. The minimum Gasteiger partial charge on any atom is -0.328 e. The molecule has 1 unspecified atom stereocenters. The van der Waals surface area contributed by atoms with Gasteiger partial charge in [-0.1, -0.05) is 11.6 Å². The van der Waals surface area contributed by atoms with Crippen LogP contribution in [0.4, 0.5) is 0 Å². The van der Waals surface area contributed by atoms with Gasteiger partial charge in [0.15, 0.2) is 0 Å². The van der Waals surface area contributed by atoms with Crippen molar-refractivity contribution < 1.29 is 0 Å². The standard InChI is InChI=1S/C13H15ClN2O/c1-8(15)5-10-6-9-7-11(14)3-4-12(9)16(2)13(10)17/h3-4,6-8H,5,15H2,1-2H3. The quantitative estimate of drug-likeness (QED) is 0.887. The number of benzene rings is 1. The second-order valence-corrected chi connectivity index (χ2v) is 4.85. The molecular formula is C13H15ClN2O. The van der Waals surface area contributed by atoms with Crippen LogP contribution in [-0.4, -0.2) is 10.6 Å². The normalized spacial score (nSPS) is 12.9. The monoisotopic (exact) mass is 250 g/mol. The summed E-state index contributed by atoms with van der Waals surface area (Å²) in [5, 5.41) is 1.64. The third kappa shape index (κ3) is 2.35. The van der Waals surface area contributed by atoms with Crippen LogP contribution in [0, 0.1) is 0 Å². The van der Waals surface area contributed by atoms with Crippen molar-refractivity contribution in [2.24, 2.45) is 12.8 Å². The molecule has 0 saturated carbocycles. The zero-order valence-corrected chi connectivity index (χ0v) is 10.7. The summed E-state index contributed by atoms with van der Waals surface area (Å²) < 4.78 is 1.64. The van der Waals surface area contributed by atoms with Gasteiger partial charge in [-0.2, -0.15) is 0 Å². The Bertz CT molecular complexity index is 617. The van der Waals surface area contributed by atoms with Crippen molar-refractivity contribution >= 4 is 22.5 Å². The Morgan fingerprint density at radius 3 is 2.76 bits per heavy atom. The van der Waals surface area contributed by atoms with Crippen LogP contribution in [-0.2, 0) is 13.5 Å². The molecule has 4 heteroatoms. The van der Waals surface area contributed by atoms with Gasteiger partial charge in [0, 0.05) is 29.1 Å². The molecule has 0 amide bonds. The number of nitrogens with two attached hydrogens (primary N) is 1. The Morgan fingerprint density at radius 2 is 2.12 bits per heavy atom. The largest absolute Gasteiger partial charge is 0.328 e. The van der Waals surface area contributed by atoms with Gasteiger partial charge in [0.25, 0.3) is 5.56 Å². The summed E-state index contributed by atoms with van der Waals surface area (Å²) in [6, 6.07) is 7.36. The molecule has 2 aromatic rings. The van der Waals surface area contributed by atoms with Crippen LogP contribution >= 0.6 is 11.6 Å². The summed E-state index contributed by atoms with van der Waals surface area (Å²) in [6.45, 7) is 1.89. The van der Waals surface area contributed by atoms with Crippen LogP contribution in [0.25, 0.3) is 10.9 Å². The Balaban J connectivity index is 2.71. The van der Waals surface area contributed by atoms with Crippen molar-refractivity contribution in [3.8, 4) is 0 Å². The maximum absolute atomic E-state index is 12.1. The van der Waals surface area contributed by atoms with E-state index in [-0.39, 0.29) is 11.6 Å². The van der Waals surface area contributed by atoms with E-state index in [9.17, 15) is 4.79 Å². The van der Waals surface area contributed by atoms with Crippen LogP contribution in [0.15, 0.2) is 29.1 Å². The van der Waals surface area contributed by atoms with Crippen LogP contribution < -0.4 is 11.3 Å². The number of halogens is 1. The lowest BCUT2D eigenvalue weighted by Crippen LogP contribution is -2.27. The van der Waals surface area contributed by atoms with E-state index in [1.54, 1.807) is 17.7 Å². The highest BCUT2D eigenvalue weighted by atomic mass is 35.5. The molecule has 0 aliphatic rings. The number of rotatable bonds is 2. The van der Waals surface area contributed by atoms with Crippen molar-refractivity contribution in [2.45, 2.75) is 19.4 Å². The second kappa shape index (κ2) is 4.51. The fourth-order valence-corrected chi connectivity index (χ4v) is 2.19. The molecule has 3 nitrogen and oxygen atoms in total. The van der Waals surface area contributed by atoms with Gasteiger partial charge in [-0.15, -0.1) is 0 Å². The fourth-order valence-electron chi connectivity index (χ4n) is 2.01. The SMILES string of the molecule is CC(N)Cc1cc2cc(Cl)ccc2n(C)c1=O. The first-order chi connectivity index (χ1) is 7.99. The highest BCUT2D eigenvalue weighted by molar-refractivity contribution is 6.31. The summed E-state index contributed by atoms with van der Waals surface area (Å²) in [6.07, 6.45) is 0.578. The van der Waals surface area contributed by atoms with E-state index in [1.807, 2.05) is 25.1 Å². The second-order valence-electron chi connectivity index (χ2n) is 4.42. The highest BCUT2D eigenvalue weighted by Gasteiger charge is 2.08. The number of aryl methyl sites for hydroxylation is 1. The molecular weight excluding hydrogens is 236 g/mol. The number of aromatic nitrogens is 1. The number of hydrogen-bond donors (Lipinski definition) is 1. The smallest absolute Gasteiger partial charge is 0.254 e. The minimum absolute atomic E-state index is 0.0112. The topological polar surface area (TPSA) is 48.0 Å². The molecule has 17 heavy (non-hydrogen) atoms. The van der Waals surface area contributed by atoms with Crippen molar-refractivity contribution in [3.05, 3.63) is 45.2 Å². The van der Waals surface area contributed by atoms with Gasteiger partial charge < -0.3 is 10.3 Å². The average Bonchev–Trinajstić information content (AvgIpc) is 2.24. The lowest BCUT2D eigenvalue weighted by Gasteiger charge is -2.10. The molecule has 0 aliphatic heterocycles. The van der Waals surface area contributed by atoms with Crippen molar-refractivity contribution in [1.82, 2.24) is 4.57 Å². The maximum atomic E-state index is 12.1. The number of nitrogens with zero attached hydrogens (tertiary/aromatic N) is 1. The Hall–Kier alpha value is -1.32. The molecule has 90 valence electrons. The Kier molecular flexibility index (Phi) is 3.22. The molecule has 1 atom stereocenters. The molecule has 0 aliphatic carbocycles. The van der Waals surface area contributed by atoms with Gasteiger partial charge in [-0.25, -0.2) is 0 Å². The molecule has 1 aromatic heterocycles. The summed E-state index contributed by atoms with van der Waals surface area (Å²) in [5.74, 6) is 0. The summed E-state index contributed by atoms with van der Waals surface area (Å²) in [7, 11) is 1.77. The first-order valence-corrected chi connectivity index (χ1v) is 5.90. The molecule has 0 fully saturated rings. The zero-order chi connectivity index (χ0) is 12.6. The Labute approximate surface area is 105 Å². The number of hydrogen-bond acceptors (Lipinski definition) is 2. The molecule has 1 heterocycles. The lowest BCUT2D eigenvalue weighted by molar-refractivity contribution is 0.722. The van der Waals surface area contributed by atoms with E-state index in [1.165, 1.54) is 0 Å². The molecule has 0 radical (unpaired) electrons. The van der Waals surface area contributed by atoms with Crippen molar-refractivity contribution in [1.29, 1.82) is 0 Å². The summed E-state index contributed by atoms with van der Waals surface area (Å²) in [5.41, 5.74) is 7.37. The molecule has 1 aromatic carbocycles. The zero-order valence-electron chi connectivity index (χ0n) is 9.90. The number of fused-ring (bicyclic) bond motifs is 1. The van der Waals surface area contributed by atoms with E-state index in [0.717, 1.165) is 16.5 Å². The van der Waals surface area contributed by atoms with Gasteiger partial charge in [-0.05, 0) is 37.6 Å². The summed E-state index contributed by atoms with van der Waals surface area (Å²) in [4.78, 5) is 12.1. The van der Waals surface area contributed by atoms with Gasteiger partial charge in [0.1, 0.15) is 0 Å². The predicted molar refractivity (Wildman–Crippen MR) is 71.6 cm³/mol. The molecule has 0 bridgehead atoms. The molecule has 2 N–H and O–H groups in total. The third-order valence-corrected chi connectivity index (χ3v) is 3.04.